The zero-order valence-electron chi connectivity index (χ0n) is 11.9. The van der Waals surface area contributed by atoms with Gasteiger partial charge in [0, 0.05) is 24.2 Å². The SMILES string of the molecule is Cc1cc(C(=O)Nc2cnn(C)c2C(N)=O)ccc1[N+](=O)[O-]. The Morgan fingerprint density at radius 3 is 2.64 bits per heavy atom. The quantitative estimate of drug-likeness (QED) is 0.641. The summed E-state index contributed by atoms with van der Waals surface area (Å²) in [6, 6.07) is 3.98. The first-order chi connectivity index (χ1) is 10.3. The van der Waals surface area contributed by atoms with Crippen molar-refractivity contribution in [3.63, 3.8) is 0 Å². The summed E-state index contributed by atoms with van der Waals surface area (Å²) < 4.78 is 1.25. The minimum atomic E-state index is -0.727. The highest BCUT2D eigenvalue weighted by Crippen LogP contribution is 2.20. The molecule has 2 amide bonds. The van der Waals surface area contributed by atoms with Crippen molar-refractivity contribution >= 4 is 23.2 Å². The molecule has 0 unspecified atom stereocenters. The van der Waals surface area contributed by atoms with E-state index in [1.165, 1.54) is 43.0 Å². The van der Waals surface area contributed by atoms with Gasteiger partial charge in [-0.3, -0.25) is 24.4 Å². The van der Waals surface area contributed by atoms with E-state index in [0.29, 0.717) is 5.56 Å². The topological polar surface area (TPSA) is 133 Å². The Morgan fingerprint density at radius 1 is 1.41 bits per heavy atom. The largest absolute Gasteiger partial charge is 0.364 e. The molecule has 9 heteroatoms. The lowest BCUT2D eigenvalue weighted by Crippen LogP contribution is -2.20. The molecule has 3 N–H and O–H groups in total. The van der Waals surface area contributed by atoms with E-state index in [4.69, 9.17) is 5.73 Å². The van der Waals surface area contributed by atoms with E-state index in [2.05, 4.69) is 10.4 Å². The van der Waals surface area contributed by atoms with Crippen LogP contribution >= 0.6 is 0 Å². The number of carbonyl (C=O) groups excluding carboxylic acids is 2. The normalized spacial score (nSPS) is 10.3. The Kier molecular flexibility index (Phi) is 3.89. The molecule has 0 spiro atoms. The number of anilines is 1. The molecule has 0 saturated carbocycles. The maximum absolute atomic E-state index is 12.2. The monoisotopic (exact) mass is 303 g/mol. The number of carbonyl (C=O) groups is 2. The predicted octanol–water partition coefficient (Wildman–Crippen LogP) is 0.988. The van der Waals surface area contributed by atoms with Gasteiger partial charge in [0.2, 0.25) is 0 Å². The van der Waals surface area contributed by atoms with Crippen LogP contribution in [0.3, 0.4) is 0 Å². The second kappa shape index (κ2) is 5.64. The highest BCUT2D eigenvalue weighted by molar-refractivity contribution is 6.08. The first-order valence-electron chi connectivity index (χ1n) is 6.19. The molecule has 0 radical (unpaired) electrons. The Morgan fingerprint density at radius 2 is 2.09 bits per heavy atom. The lowest BCUT2D eigenvalue weighted by Gasteiger charge is -2.06. The maximum atomic E-state index is 12.2. The van der Waals surface area contributed by atoms with Crippen LogP contribution in [0.5, 0.6) is 0 Å². The van der Waals surface area contributed by atoms with Crippen molar-refractivity contribution in [3.8, 4) is 0 Å². The third kappa shape index (κ3) is 2.77. The average molecular weight is 303 g/mol. The molecule has 0 aliphatic heterocycles. The average Bonchev–Trinajstić information content (AvgIpc) is 2.79. The summed E-state index contributed by atoms with van der Waals surface area (Å²) in [6.45, 7) is 1.54. The molecule has 0 aliphatic rings. The third-order valence-electron chi connectivity index (χ3n) is 3.08. The number of aromatic nitrogens is 2. The summed E-state index contributed by atoms with van der Waals surface area (Å²) in [5, 5.41) is 17.1. The Bertz CT molecular complexity index is 781. The molecule has 1 aromatic heterocycles. The number of hydrogen-bond acceptors (Lipinski definition) is 5. The number of nitro groups is 1. The van der Waals surface area contributed by atoms with E-state index in [1.807, 2.05) is 0 Å². The number of nitrogens with zero attached hydrogens (tertiary/aromatic N) is 3. The smallest absolute Gasteiger partial charge is 0.272 e. The van der Waals surface area contributed by atoms with Crippen LogP contribution in [-0.4, -0.2) is 26.5 Å². The van der Waals surface area contributed by atoms with Gasteiger partial charge >= 0.3 is 0 Å². The molecule has 0 fully saturated rings. The molecule has 9 nitrogen and oxygen atoms in total. The third-order valence-corrected chi connectivity index (χ3v) is 3.08. The highest BCUT2D eigenvalue weighted by atomic mass is 16.6. The van der Waals surface area contributed by atoms with E-state index >= 15 is 0 Å². The molecule has 1 aromatic carbocycles. The van der Waals surface area contributed by atoms with Crippen molar-refractivity contribution in [1.29, 1.82) is 0 Å². The minimum absolute atomic E-state index is 0.0620. The zero-order valence-corrected chi connectivity index (χ0v) is 11.9. The number of hydrogen-bond donors (Lipinski definition) is 2. The fourth-order valence-electron chi connectivity index (χ4n) is 2.02. The van der Waals surface area contributed by atoms with Crippen molar-refractivity contribution < 1.29 is 14.5 Å². The minimum Gasteiger partial charge on any atom is -0.364 e. The van der Waals surface area contributed by atoms with Gasteiger partial charge in [-0.25, -0.2) is 0 Å². The molecule has 22 heavy (non-hydrogen) atoms. The number of nitrogens with one attached hydrogen (secondary N) is 1. The van der Waals surface area contributed by atoms with Crippen molar-refractivity contribution in [2.45, 2.75) is 6.92 Å². The molecule has 1 heterocycles. The van der Waals surface area contributed by atoms with Gasteiger partial charge in [-0.05, 0) is 19.1 Å². The summed E-state index contributed by atoms with van der Waals surface area (Å²) in [4.78, 5) is 33.7. The molecular weight excluding hydrogens is 290 g/mol. The van der Waals surface area contributed by atoms with Crippen LogP contribution < -0.4 is 11.1 Å². The Hall–Kier alpha value is -3.23. The molecule has 0 aliphatic carbocycles. The standard InChI is InChI=1S/C13H13N5O4/c1-7-5-8(3-4-10(7)18(21)22)13(20)16-9-6-15-17(2)11(9)12(14)19/h3-6H,1-2H3,(H2,14,19)(H,16,20). The fraction of sp³-hybridized carbons (Fsp3) is 0.154. The zero-order chi connectivity index (χ0) is 16.4. The summed E-state index contributed by atoms with van der Waals surface area (Å²) in [5.41, 5.74) is 5.98. The van der Waals surface area contributed by atoms with Crippen molar-refractivity contribution in [3.05, 3.63) is 51.3 Å². The number of nitrogens with two attached hydrogens (primary N) is 1. The van der Waals surface area contributed by atoms with Crippen LogP contribution in [0.1, 0.15) is 26.4 Å². The molecule has 2 rings (SSSR count). The second-order valence-electron chi connectivity index (χ2n) is 4.61. The van der Waals surface area contributed by atoms with Gasteiger partial charge in [-0.1, -0.05) is 0 Å². The van der Waals surface area contributed by atoms with Crippen LogP contribution in [0.25, 0.3) is 0 Å². The lowest BCUT2D eigenvalue weighted by atomic mass is 10.1. The highest BCUT2D eigenvalue weighted by Gasteiger charge is 2.18. The summed E-state index contributed by atoms with van der Waals surface area (Å²) in [5.74, 6) is -1.25. The summed E-state index contributed by atoms with van der Waals surface area (Å²) in [7, 11) is 1.52. The molecule has 0 saturated heterocycles. The van der Waals surface area contributed by atoms with E-state index in [0.717, 1.165) is 0 Å². The van der Waals surface area contributed by atoms with Gasteiger partial charge < -0.3 is 11.1 Å². The molecular formula is C13H13N5O4. The van der Waals surface area contributed by atoms with Gasteiger partial charge in [0.15, 0.2) is 0 Å². The Labute approximate surface area is 124 Å². The van der Waals surface area contributed by atoms with Gasteiger partial charge in [0.05, 0.1) is 16.8 Å². The van der Waals surface area contributed by atoms with Crippen LogP contribution in [0.15, 0.2) is 24.4 Å². The van der Waals surface area contributed by atoms with Gasteiger partial charge in [0.1, 0.15) is 5.69 Å². The van der Waals surface area contributed by atoms with Crippen molar-refractivity contribution in [1.82, 2.24) is 9.78 Å². The molecule has 114 valence electrons. The van der Waals surface area contributed by atoms with Crippen LogP contribution in [0.4, 0.5) is 11.4 Å². The van der Waals surface area contributed by atoms with Gasteiger partial charge in [-0.15, -0.1) is 0 Å². The van der Waals surface area contributed by atoms with E-state index in [1.54, 1.807) is 0 Å². The van der Waals surface area contributed by atoms with Crippen LogP contribution in [0.2, 0.25) is 0 Å². The number of amides is 2. The Balaban J connectivity index is 2.29. The van der Waals surface area contributed by atoms with E-state index in [9.17, 15) is 19.7 Å². The fourth-order valence-corrected chi connectivity index (χ4v) is 2.02. The number of benzene rings is 1. The predicted molar refractivity (Wildman–Crippen MR) is 77.5 cm³/mol. The summed E-state index contributed by atoms with van der Waals surface area (Å²) in [6.07, 6.45) is 1.30. The maximum Gasteiger partial charge on any atom is 0.272 e. The number of nitro benzene ring substituents is 1. The molecule has 0 bridgehead atoms. The van der Waals surface area contributed by atoms with E-state index < -0.39 is 16.7 Å². The van der Waals surface area contributed by atoms with Crippen molar-refractivity contribution in [2.75, 3.05) is 5.32 Å². The molecule has 0 atom stereocenters. The summed E-state index contributed by atoms with van der Waals surface area (Å²) >= 11 is 0. The lowest BCUT2D eigenvalue weighted by molar-refractivity contribution is -0.385. The second-order valence-corrected chi connectivity index (χ2v) is 4.61. The van der Waals surface area contributed by atoms with Crippen LogP contribution in [0, 0.1) is 17.0 Å². The van der Waals surface area contributed by atoms with E-state index in [-0.39, 0.29) is 22.6 Å². The van der Waals surface area contributed by atoms with Crippen LogP contribution in [-0.2, 0) is 7.05 Å². The first kappa shape index (κ1) is 15.2. The number of aryl methyl sites for hydroxylation is 2. The molecule has 2 aromatic rings. The van der Waals surface area contributed by atoms with Gasteiger partial charge in [-0.2, -0.15) is 5.10 Å². The van der Waals surface area contributed by atoms with Gasteiger partial charge in [0.25, 0.3) is 17.5 Å². The number of primary amides is 1. The first-order valence-corrected chi connectivity index (χ1v) is 6.19. The number of rotatable bonds is 4. The van der Waals surface area contributed by atoms with Crippen molar-refractivity contribution in [2.24, 2.45) is 12.8 Å².